The molecule has 2 heterocycles. The fraction of sp³-hybridized carbons (Fsp3) is 0.269. The highest BCUT2D eigenvalue weighted by atomic mass is 35.5. The second-order valence-electron chi connectivity index (χ2n) is 8.70. The first-order valence-electron chi connectivity index (χ1n) is 11.5. The van der Waals surface area contributed by atoms with Crippen molar-refractivity contribution in [2.24, 2.45) is 4.99 Å². The summed E-state index contributed by atoms with van der Waals surface area (Å²) in [6, 6.07) is 19.0. The van der Waals surface area contributed by atoms with Crippen molar-refractivity contribution in [3.05, 3.63) is 83.1 Å². The van der Waals surface area contributed by atoms with E-state index in [2.05, 4.69) is 14.8 Å². The minimum absolute atomic E-state index is 0.298. The van der Waals surface area contributed by atoms with Crippen LogP contribution in [0.5, 0.6) is 0 Å². The molecule has 0 unspecified atom stereocenters. The summed E-state index contributed by atoms with van der Waals surface area (Å²) >= 11 is 6.11. The molecule has 0 saturated carbocycles. The SMILES string of the molecule is CC(=Nc1ccc(F)cc1)N1CCc2cc(S(=O)(=O)N3CCN(c4cccc(Cl)c4)CC3)ccc21. The lowest BCUT2D eigenvalue weighted by atomic mass is 10.2. The number of piperazine rings is 1. The summed E-state index contributed by atoms with van der Waals surface area (Å²) in [4.78, 5) is 9.14. The first-order valence-corrected chi connectivity index (χ1v) is 13.3. The Morgan fingerprint density at radius 2 is 1.69 bits per heavy atom. The maximum Gasteiger partial charge on any atom is 0.243 e. The number of anilines is 2. The van der Waals surface area contributed by atoms with E-state index in [0.717, 1.165) is 29.2 Å². The van der Waals surface area contributed by atoms with Gasteiger partial charge in [-0.15, -0.1) is 0 Å². The Balaban J connectivity index is 1.30. The number of aliphatic imine (C=N–C) groups is 1. The summed E-state index contributed by atoms with van der Waals surface area (Å²) < 4.78 is 41.5. The lowest BCUT2D eigenvalue weighted by molar-refractivity contribution is 0.385. The molecule has 0 bridgehead atoms. The van der Waals surface area contributed by atoms with Crippen molar-refractivity contribution in [1.29, 1.82) is 0 Å². The predicted octanol–water partition coefficient (Wildman–Crippen LogP) is 5.10. The van der Waals surface area contributed by atoms with Crippen molar-refractivity contribution in [3.63, 3.8) is 0 Å². The van der Waals surface area contributed by atoms with E-state index >= 15 is 0 Å². The molecule has 9 heteroatoms. The van der Waals surface area contributed by atoms with Crippen LogP contribution in [-0.2, 0) is 16.4 Å². The quantitative estimate of drug-likeness (QED) is 0.360. The van der Waals surface area contributed by atoms with Crippen LogP contribution in [0.4, 0.5) is 21.5 Å². The van der Waals surface area contributed by atoms with Gasteiger partial charge in [-0.1, -0.05) is 17.7 Å². The predicted molar refractivity (Wildman–Crippen MR) is 139 cm³/mol. The van der Waals surface area contributed by atoms with Crippen molar-refractivity contribution in [2.75, 3.05) is 42.5 Å². The second-order valence-corrected chi connectivity index (χ2v) is 11.1. The molecule has 0 spiro atoms. The molecule has 6 nitrogen and oxygen atoms in total. The molecular formula is C26H26ClFN4O2S. The second kappa shape index (κ2) is 9.60. The maximum absolute atomic E-state index is 13.4. The number of amidine groups is 1. The van der Waals surface area contributed by atoms with Gasteiger partial charge in [-0.2, -0.15) is 4.31 Å². The third-order valence-corrected chi connectivity index (χ3v) is 8.63. The zero-order chi connectivity index (χ0) is 24.6. The van der Waals surface area contributed by atoms with E-state index in [0.29, 0.717) is 48.3 Å². The van der Waals surface area contributed by atoms with Crippen molar-refractivity contribution < 1.29 is 12.8 Å². The first kappa shape index (κ1) is 23.8. The van der Waals surface area contributed by atoms with Gasteiger partial charge >= 0.3 is 0 Å². The van der Waals surface area contributed by atoms with Crippen LogP contribution in [0.2, 0.25) is 5.02 Å². The van der Waals surface area contributed by atoms with Crippen molar-refractivity contribution in [2.45, 2.75) is 18.2 Å². The molecular weight excluding hydrogens is 487 g/mol. The van der Waals surface area contributed by atoms with Gasteiger partial charge in [0.15, 0.2) is 0 Å². The summed E-state index contributed by atoms with van der Waals surface area (Å²) in [6.45, 7) is 4.67. The fourth-order valence-corrected chi connectivity index (χ4v) is 6.30. The molecule has 3 aromatic rings. The molecule has 0 N–H and O–H groups in total. The summed E-state index contributed by atoms with van der Waals surface area (Å²) in [6.07, 6.45) is 0.734. The fourth-order valence-electron chi connectivity index (χ4n) is 4.65. The Kier molecular flexibility index (Phi) is 6.53. The average Bonchev–Trinajstić information content (AvgIpc) is 3.29. The molecule has 35 heavy (non-hydrogen) atoms. The topological polar surface area (TPSA) is 56.2 Å². The van der Waals surface area contributed by atoms with E-state index in [9.17, 15) is 12.8 Å². The standard InChI is InChI=1S/C26H26ClFN4O2S/c1-19(29-23-7-5-22(28)6-8-23)32-12-11-20-17-25(9-10-26(20)32)35(33,34)31-15-13-30(14-16-31)24-4-2-3-21(27)18-24/h2-10,17-18H,11-16H2,1H3. The van der Waals surface area contributed by atoms with Gasteiger partial charge in [-0.3, -0.25) is 0 Å². The van der Waals surface area contributed by atoms with Crippen LogP contribution >= 0.6 is 11.6 Å². The van der Waals surface area contributed by atoms with Crippen LogP contribution in [0, 0.1) is 5.82 Å². The number of fused-ring (bicyclic) bond motifs is 1. The van der Waals surface area contributed by atoms with Crippen LogP contribution in [0.1, 0.15) is 12.5 Å². The van der Waals surface area contributed by atoms with E-state index in [1.54, 1.807) is 28.6 Å². The average molecular weight is 513 g/mol. The Bertz CT molecular complexity index is 1370. The molecule has 0 atom stereocenters. The number of sulfonamides is 1. The molecule has 0 aromatic heterocycles. The molecule has 0 amide bonds. The monoisotopic (exact) mass is 512 g/mol. The number of hydrogen-bond acceptors (Lipinski definition) is 4. The number of hydrogen-bond donors (Lipinski definition) is 0. The van der Waals surface area contributed by atoms with Crippen molar-refractivity contribution in [1.82, 2.24) is 4.31 Å². The van der Waals surface area contributed by atoms with E-state index < -0.39 is 10.0 Å². The zero-order valence-electron chi connectivity index (χ0n) is 19.4. The van der Waals surface area contributed by atoms with Crippen LogP contribution in [0.3, 0.4) is 0 Å². The molecule has 2 aliphatic heterocycles. The Labute approximate surface area is 210 Å². The number of halogens is 2. The van der Waals surface area contributed by atoms with E-state index in [-0.39, 0.29) is 5.82 Å². The first-order chi connectivity index (χ1) is 16.8. The molecule has 0 radical (unpaired) electrons. The summed E-state index contributed by atoms with van der Waals surface area (Å²) in [7, 11) is -3.59. The smallest absolute Gasteiger partial charge is 0.243 e. The van der Waals surface area contributed by atoms with Crippen molar-refractivity contribution in [3.8, 4) is 0 Å². The Morgan fingerprint density at radius 3 is 2.40 bits per heavy atom. The highest BCUT2D eigenvalue weighted by Gasteiger charge is 2.30. The lowest BCUT2D eigenvalue weighted by Crippen LogP contribution is -2.48. The van der Waals surface area contributed by atoms with Gasteiger partial charge in [0.25, 0.3) is 0 Å². The summed E-state index contributed by atoms with van der Waals surface area (Å²) in [5.74, 6) is 0.482. The van der Waals surface area contributed by atoms with E-state index in [1.165, 1.54) is 12.1 Å². The maximum atomic E-state index is 13.4. The summed E-state index contributed by atoms with van der Waals surface area (Å²) in [5, 5.41) is 0.669. The van der Waals surface area contributed by atoms with E-state index in [1.807, 2.05) is 37.3 Å². The third kappa shape index (κ3) is 4.91. The molecule has 182 valence electrons. The highest BCUT2D eigenvalue weighted by molar-refractivity contribution is 7.89. The molecule has 2 aliphatic rings. The lowest BCUT2D eigenvalue weighted by Gasteiger charge is -2.35. The number of rotatable bonds is 4. The molecule has 5 rings (SSSR count). The van der Waals surface area contributed by atoms with Gasteiger partial charge in [0.1, 0.15) is 11.7 Å². The van der Waals surface area contributed by atoms with Crippen LogP contribution in [0.15, 0.2) is 76.6 Å². The molecule has 3 aromatic carbocycles. The minimum atomic E-state index is -3.59. The normalized spacial score (nSPS) is 17.1. The molecule has 1 saturated heterocycles. The van der Waals surface area contributed by atoms with Gasteiger partial charge < -0.3 is 9.80 Å². The highest BCUT2D eigenvalue weighted by Crippen LogP contribution is 2.32. The number of nitrogens with zero attached hydrogens (tertiary/aromatic N) is 4. The molecule has 0 aliphatic carbocycles. The van der Waals surface area contributed by atoms with Gasteiger partial charge in [-0.25, -0.2) is 17.8 Å². The van der Waals surface area contributed by atoms with Gasteiger partial charge in [-0.05, 0) is 79.6 Å². The number of benzene rings is 3. The van der Waals surface area contributed by atoms with E-state index in [4.69, 9.17) is 11.6 Å². The van der Waals surface area contributed by atoms with Crippen LogP contribution in [-0.4, -0.2) is 51.3 Å². The van der Waals surface area contributed by atoms with Gasteiger partial charge in [0.05, 0.1) is 10.6 Å². The van der Waals surface area contributed by atoms with Gasteiger partial charge in [0, 0.05) is 49.1 Å². The summed E-state index contributed by atoms with van der Waals surface area (Å²) in [5.41, 5.74) is 3.62. The third-order valence-electron chi connectivity index (χ3n) is 6.50. The Hall–Kier alpha value is -2.94. The van der Waals surface area contributed by atoms with Crippen LogP contribution in [0.25, 0.3) is 0 Å². The van der Waals surface area contributed by atoms with Gasteiger partial charge in [0.2, 0.25) is 10.0 Å². The zero-order valence-corrected chi connectivity index (χ0v) is 20.9. The Morgan fingerprint density at radius 1 is 0.943 bits per heavy atom. The van der Waals surface area contributed by atoms with Crippen molar-refractivity contribution >= 4 is 44.5 Å². The van der Waals surface area contributed by atoms with Crippen LogP contribution < -0.4 is 9.80 Å². The largest absolute Gasteiger partial charge is 0.369 e. The minimum Gasteiger partial charge on any atom is -0.369 e. The molecule has 1 fully saturated rings.